The number of rotatable bonds is 11. The molecule has 1 fully saturated rings. The summed E-state index contributed by atoms with van der Waals surface area (Å²) in [5, 5.41) is 31.2. The van der Waals surface area contributed by atoms with Crippen molar-refractivity contribution in [1.82, 2.24) is 15.0 Å². The fourth-order valence-electron chi connectivity index (χ4n) is 4.34. The Labute approximate surface area is 225 Å². The highest BCUT2D eigenvalue weighted by molar-refractivity contribution is 6.12. The van der Waals surface area contributed by atoms with Gasteiger partial charge < -0.3 is 34.8 Å². The van der Waals surface area contributed by atoms with E-state index in [1.807, 2.05) is 4.90 Å². The Morgan fingerprint density at radius 2 is 1.82 bits per heavy atom. The van der Waals surface area contributed by atoms with Crippen LogP contribution in [0.25, 0.3) is 11.3 Å². The van der Waals surface area contributed by atoms with Crippen molar-refractivity contribution >= 4 is 17.3 Å². The normalized spacial score (nSPS) is 14.1. The van der Waals surface area contributed by atoms with E-state index >= 15 is 0 Å². The summed E-state index contributed by atoms with van der Waals surface area (Å²) < 4.78 is 30.1. The lowest BCUT2D eigenvalue weighted by Gasteiger charge is -2.38. The first-order chi connectivity index (χ1) is 18.9. The average Bonchev–Trinajstić information content (AvgIpc) is 3.46. The molecule has 39 heavy (non-hydrogen) atoms. The fraction of sp³-hybridized carbons (Fsp3) is 0.370. The third-order valence-corrected chi connectivity index (χ3v) is 6.64. The van der Waals surface area contributed by atoms with Crippen molar-refractivity contribution in [2.24, 2.45) is 0 Å². The smallest absolute Gasteiger partial charge is 0.253 e. The predicted octanol–water partition coefficient (Wildman–Crippen LogP) is 1.62. The number of ether oxygens (including phenoxy) is 2. The standard InChI is InChI=1S/C27H32FN5O6/c1-37-10-11-38-24-13-22(29)20(12-21(24)28)26(30)25-14-23(31-39-25)17-2-4-18(5-3-17)27(36)33-8-6-32(7-9-33)19(15-34)16-35/h2-5,12-14,19,30,34-35H,6-11,15-16,29H2,1H3. The minimum absolute atomic E-state index is 0.0320. The maximum absolute atomic E-state index is 14.5. The SMILES string of the molecule is COCCOc1cc(N)c(C(=N)c2cc(-c3ccc(C(=O)N4CCN(C(CO)CO)CC4)cc3)no2)cc1F. The van der Waals surface area contributed by atoms with Crippen LogP contribution in [0.2, 0.25) is 0 Å². The number of anilines is 1. The van der Waals surface area contributed by atoms with Gasteiger partial charge in [0.05, 0.1) is 25.9 Å². The lowest BCUT2D eigenvalue weighted by atomic mass is 10.0. The molecular weight excluding hydrogens is 509 g/mol. The van der Waals surface area contributed by atoms with Crippen molar-refractivity contribution in [2.75, 3.05) is 65.5 Å². The topological polar surface area (TPSA) is 158 Å². The monoisotopic (exact) mass is 541 g/mol. The van der Waals surface area contributed by atoms with E-state index in [1.54, 1.807) is 35.2 Å². The molecule has 1 amide bonds. The molecule has 1 aromatic heterocycles. The van der Waals surface area contributed by atoms with E-state index in [2.05, 4.69) is 5.16 Å². The van der Waals surface area contributed by atoms with Gasteiger partial charge in [-0.25, -0.2) is 4.39 Å². The fourth-order valence-corrected chi connectivity index (χ4v) is 4.34. The second kappa shape index (κ2) is 12.8. The van der Waals surface area contributed by atoms with Crippen LogP contribution in [0.4, 0.5) is 10.1 Å². The van der Waals surface area contributed by atoms with E-state index < -0.39 is 5.82 Å². The number of aliphatic hydroxyl groups excluding tert-OH is 2. The molecule has 4 rings (SSSR count). The van der Waals surface area contributed by atoms with Gasteiger partial charge >= 0.3 is 0 Å². The van der Waals surface area contributed by atoms with Gasteiger partial charge in [-0.3, -0.25) is 15.1 Å². The number of nitrogen functional groups attached to an aromatic ring is 1. The Balaban J connectivity index is 1.41. The molecule has 0 unspecified atom stereocenters. The lowest BCUT2D eigenvalue weighted by molar-refractivity contribution is 0.0318. The molecule has 5 N–H and O–H groups in total. The van der Waals surface area contributed by atoms with E-state index in [9.17, 15) is 19.4 Å². The van der Waals surface area contributed by atoms with Gasteiger partial charge in [0.1, 0.15) is 18.0 Å². The summed E-state index contributed by atoms with van der Waals surface area (Å²) in [6.07, 6.45) is 0. The van der Waals surface area contributed by atoms with Crippen molar-refractivity contribution in [3.05, 3.63) is 65.2 Å². The number of hydrogen-bond donors (Lipinski definition) is 4. The number of benzene rings is 2. The minimum atomic E-state index is -0.664. The molecule has 0 bridgehead atoms. The third-order valence-electron chi connectivity index (χ3n) is 6.64. The number of nitrogens with zero attached hydrogens (tertiary/aromatic N) is 3. The number of nitrogens with one attached hydrogen (secondary N) is 1. The largest absolute Gasteiger partial charge is 0.488 e. The molecule has 0 spiro atoms. The van der Waals surface area contributed by atoms with Crippen molar-refractivity contribution in [1.29, 1.82) is 5.41 Å². The van der Waals surface area contributed by atoms with Gasteiger partial charge in [-0.2, -0.15) is 0 Å². The first-order valence-electron chi connectivity index (χ1n) is 12.5. The van der Waals surface area contributed by atoms with Crippen LogP contribution in [0.3, 0.4) is 0 Å². The Morgan fingerprint density at radius 3 is 2.46 bits per heavy atom. The number of amides is 1. The molecule has 3 aromatic rings. The molecule has 0 aliphatic carbocycles. The van der Waals surface area contributed by atoms with E-state index in [0.717, 1.165) is 6.07 Å². The van der Waals surface area contributed by atoms with Gasteiger partial charge in [0.15, 0.2) is 17.3 Å². The molecule has 1 aliphatic rings. The summed E-state index contributed by atoms with van der Waals surface area (Å²) in [7, 11) is 1.51. The van der Waals surface area contributed by atoms with Crippen LogP contribution in [-0.4, -0.2) is 103 Å². The predicted molar refractivity (Wildman–Crippen MR) is 141 cm³/mol. The van der Waals surface area contributed by atoms with E-state index in [-0.39, 0.29) is 60.2 Å². The first-order valence-corrected chi connectivity index (χ1v) is 12.5. The van der Waals surface area contributed by atoms with Gasteiger partial charge in [-0.1, -0.05) is 17.3 Å². The number of carbonyl (C=O) groups is 1. The molecule has 11 nitrogen and oxygen atoms in total. The number of carbonyl (C=O) groups excluding carboxylic acids is 1. The minimum Gasteiger partial charge on any atom is -0.488 e. The van der Waals surface area contributed by atoms with Gasteiger partial charge in [0.25, 0.3) is 5.91 Å². The molecule has 0 atom stereocenters. The van der Waals surface area contributed by atoms with Crippen LogP contribution >= 0.6 is 0 Å². The van der Waals surface area contributed by atoms with Crippen LogP contribution < -0.4 is 10.5 Å². The molecule has 2 aromatic carbocycles. The van der Waals surface area contributed by atoms with E-state index in [0.29, 0.717) is 49.6 Å². The van der Waals surface area contributed by atoms with E-state index in [4.69, 9.17) is 25.1 Å². The number of hydrogen-bond acceptors (Lipinski definition) is 10. The Bertz CT molecular complexity index is 1290. The Morgan fingerprint density at radius 1 is 1.13 bits per heavy atom. The van der Waals surface area contributed by atoms with Crippen LogP contribution in [0.15, 0.2) is 47.0 Å². The molecule has 208 valence electrons. The summed E-state index contributed by atoms with van der Waals surface area (Å²) >= 11 is 0. The first kappa shape index (κ1) is 28.2. The van der Waals surface area contributed by atoms with Crippen LogP contribution in [0.1, 0.15) is 21.7 Å². The molecule has 12 heteroatoms. The Hall–Kier alpha value is -3.84. The maximum Gasteiger partial charge on any atom is 0.253 e. The van der Waals surface area contributed by atoms with Gasteiger partial charge in [0, 0.05) is 67.8 Å². The summed E-state index contributed by atoms with van der Waals surface area (Å²) in [6, 6.07) is 10.6. The average molecular weight is 542 g/mol. The number of nitrogens with two attached hydrogens (primary N) is 1. The number of aromatic nitrogens is 1. The number of halogens is 1. The number of aliphatic hydroxyl groups is 2. The zero-order valence-electron chi connectivity index (χ0n) is 21.6. The number of piperazine rings is 1. The zero-order valence-corrected chi connectivity index (χ0v) is 21.6. The summed E-state index contributed by atoms with van der Waals surface area (Å²) in [5.74, 6) is -0.704. The zero-order chi connectivity index (χ0) is 27.9. The maximum atomic E-state index is 14.5. The second-order valence-electron chi connectivity index (χ2n) is 9.09. The Kier molecular flexibility index (Phi) is 9.25. The van der Waals surface area contributed by atoms with Gasteiger partial charge in [-0.15, -0.1) is 0 Å². The summed E-state index contributed by atoms with van der Waals surface area (Å²) in [6.45, 7) is 2.33. The summed E-state index contributed by atoms with van der Waals surface area (Å²) in [5.41, 5.74) is 7.84. The van der Waals surface area contributed by atoms with Crippen molar-refractivity contribution in [2.45, 2.75) is 6.04 Å². The second-order valence-corrected chi connectivity index (χ2v) is 9.09. The van der Waals surface area contributed by atoms with Crippen LogP contribution in [-0.2, 0) is 4.74 Å². The molecule has 2 heterocycles. The molecule has 1 saturated heterocycles. The van der Waals surface area contributed by atoms with E-state index in [1.165, 1.54) is 13.2 Å². The third kappa shape index (κ3) is 6.42. The van der Waals surface area contributed by atoms with Crippen molar-refractivity contribution < 1.29 is 33.4 Å². The molecule has 1 aliphatic heterocycles. The molecule has 0 saturated carbocycles. The van der Waals surface area contributed by atoms with Crippen LogP contribution in [0.5, 0.6) is 5.75 Å². The lowest BCUT2D eigenvalue weighted by Crippen LogP contribution is -2.53. The van der Waals surface area contributed by atoms with Crippen LogP contribution in [0, 0.1) is 11.2 Å². The van der Waals surface area contributed by atoms with Crippen molar-refractivity contribution in [3.63, 3.8) is 0 Å². The van der Waals surface area contributed by atoms with Crippen molar-refractivity contribution in [3.8, 4) is 17.0 Å². The van der Waals surface area contributed by atoms with Gasteiger partial charge in [0.2, 0.25) is 0 Å². The molecular formula is C27H32FN5O6. The quantitative estimate of drug-likeness (QED) is 0.161. The van der Waals surface area contributed by atoms with Gasteiger partial charge in [-0.05, 0) is 18.2 Å². The molecule has 0 radical (unpaired) electrons. The summed E-state index contributed by atoms with van der Waals surface area (Å²) in [4.78, 5) is 16.7. The number of methoxy groups -OCH3 is 1. The highest BCUT2D eigenvalue weighted by atomic mass is 19.1. The highest BCUT2D eigenvalue weighted by Gasteiger charge is 2.26. The highest BCUT2D eigenvalue weighted by Crippen LogP contribution is 2.28.